The smallest absolute Gasteiger partial charge is 0.123 e. The van der Waals surface area contributed by atoms with Crippen LogP contribution in [0.25, 0.3) is 10.6 Å². The van der Waals surface area contributed by atoms with Crippen LogP contribution >= 0.6 is 27.3 Å². The number of likely N-dealkylation sites (N-methyl/N-ethyl adjacent to an activating group) is 1. The molecule has 0 aliphatic rings. The average Bonchev–Trinajstić information content (AvgIpc) is 2.79. The van der Waals surface area contributed by atoms with Crippen LogP contribution in [0.4, 0.5) is 0 Å². The Bertz CT molecular complexity index is 465. The first kappa shape index (κ1) is 12.7. The molecule has 0 fully saturated rings. The number of hydrogen-bond acceptors (Lipinski definition) is 3. The third-order valence-corrected chi connectivity index (χ3v) is 3.92. The maximum atomic E-state index is 4.65. The largest absolute Gasteiger partial charge is 0.317 e. The predicted octanol–water partition coefficient (Wildman–Crippen LogP) is 3.72. The van der Waals surface area contributed by atoms with E-state index < -0.39 is 0 Å². The van der Waals surface area contributed by atoms with Gasteiger partial charge in [-0.2, -0.15) is 0 Å². The van der Waals surface area contributed by atoms with Crippen LogP contribution in [0.3, 0.4) is 0 Å². The van der Waals surface area contributed by atoms with E-state index in [0.29, 0.717) is 0 Å². The third kappa shape index (κ3) is 3.63. The molecule has 2 nitrogen and oxygen atoms in total. The van der Waals surface area contributed by atoms with Crippen LogP contribution in [-0.2, 0) is 6.42 Å². The Hall–Kier alpha value is -0.710. The monoisotopic (exact) mass is 310 g/mol. The summed E-state index contributed by atoms with van der Waals surface area (Å²) in [5.41, 5.74) is 2.36. The van der Waals surface area contributed by atoms with E-state index in [1.54, 1.807) is 11.3 Å². The number of nitrogens with one attached hydrogen (secondary N) is 1. The Balaban J connectivity index is 2.04. The normalized spacial score (nSPS) is 10.7. The van der Waals surface area contributed by atoms with E-state index in [-0.39, 0.29) is 0 Å². The fourth-order valence-corrected chi connectivity index (χ4v) is 2.66. The molecule has 0 bridgehead atoms. The molecule has 0 atom stereocenters. The molecule has 2 aromatic rings. The summed E-state index contributed by atoms with van der Waals surface area (Å²) in [6.07, 6.45) is 1.00. The van der Waals surface area contributed by atoms with Crippen molar-refractivity contribution in [2.75, 3.05) is 13.1 Å². The molecule has 0 saturated carbocycles. The molecule has 2 rings (SSSR count). The number of benzene rings is 1. The van der Waals surface area contributed by atoms with Crippen LogP contribution in [0.5, 0.6) is 0 Å². The minimum Gasteiger partial charge on any atom is -0.317 e. The Morgan fingerprint density at radius 2 is 2.06 bits per heavy atom. The second-order valence-corrected chi connectivity index (χ2v) is 5.53. The summed E-state index contributed by atoms with van der Waals surface area (Å²) in [6, 6.07) is 8.29. The van der Waals surface area contributed by atoms with Gasteiger partial charge in [-0.05, 0) is 18.7 Å². The van der Waals surface area contributed by atoms with Crippen molar-refractivity contribution in [1.29, 1.82) is 0 Å². The maximum absolute atomic E-state index is 4.65. The van der Waals surface area contributed by atoms with Crippen molar-refractivity contribution in [3.05, 3.63) is 39.8 Å². The number of nitrogens with zero attached hydrogens (tertiary/aromatic N) is 1. The molecule has 0 spiro atoms. The highest BCUT2D eigenvalue weighted by Crippen LogP contribution is 2.25. The molecule has 0 aliphatic heterocycles. The molecule has 0 radical (unpaired) electrons. The van der Waals surface area contributed by atoms with Crippen molar-refractivity contribution < 1.29 is 0 Å². The molecule has 4 heteroatoms. The van der Waals surface area contributed by atoms with E-state index in [1.165, 1.54) is 11.3 Å². The quantitative estimate of drug-likeness (QED) is 0.851. The lowest BCUT2D eigenvalue weighted by Gasteiger charge is -1.98. The number of aromatic nitrogens is 1. The van der Waals surface area contributed by atoms with Crippen LogP contribution in [0, 0.1) is 0 Å². The van der Waals surface area contributed by atoms with Gasteiger partial charge in [0.25, 0.3) is 0 Å². The topological polar surface area (TPSA) is 24.9 Å². The standard InChI is InChI=1S/C13H15BrN2S/c1-2-15-8-7-12-9-17-13(16-12)10-3-5-11(14)6-4-10/h3-6,9,15H,2,7-8H2,1H3. The van der Waals surface area contributed by atoms with Crippen LogP contribution in [0.1, 0.15) is 12.6 Å². The number of rotatable bonds is 5. The van der Waals surface area contributed by atoms with E-state index in [1.807, 2.05) is 0 Å². The molecule has 17 heavy (non-hydrogen) atoms. The molecule has 1 N–H and O–H groups in total. The maximum Gasteiger partial charge on any atom is 0.123 e. The van der Waals surface area contributed by atoms with Crippen molar-refractivity contribution in [1.82, 2.24) is 10.3 Å². The Kier molecular flexibility index (Phi) is 4.71. The molecular weight excluding hydrogens is 296 g/mol. The van der Waals surface area contributed by atoms with Crippen molar-refractivity contribution in [3.8, 4) is 10.6 Å². The third-order valence-electron chi connectivity index (χ3n) is 2.45. The molecule has 0 amide bonds. The Labute approximate surface area is 114 Å². The minimum atomic E-state index is 1.00. The van der Waals surface area contributed by atoms with Gasteiger partial charge in [0.15, 0.2) is 0 Å². The zero-order valence-electron chi connectivity index (χ0n) is 9.74. The summed E-state index contributed by atoms with van der Waals surface area (Å²) in [6.45, 7) is 4.14. The second kappa shape index (κ2) is 6.28. The Morgan fingerprint density at radius 1 is 1.29 bits per heavy atom. The first-order chi connectivity index (χ1) is 8.29. The first-order valence-corrected chi connectivity index (χ1v) is 7.38. The minimum absolute atomic E-state index is 1.00. The fourth-order valence-electron chi connectivity index (χ4n) is 1.54. The number of hydrogen-bond donors (Lipinski definition) is 1. The lowest BCUT2D eigenvalue weighted by atomic mass is 10.2. The first-order valence-electron chi connectivity index (χ1n) is 5.70. The van der Waals surface area contributed by atoms with Gasteiger partial charge >= 0.3 is 0 Å². The highest BCUT2D eigenvalue weighted by atomic mass is 79.9. The van der Waals surface area contributed by atoms with Gasteiger partial charge < -0.3 is 5.32 Å². The molecule has 1 aromatic carbocycles. The summed E-state index contributed by atoms with van der Waals surface area (Å²) in [4.78, 5) is 4.65. The van der Waals surface area contributed by atoms with Crippen LogP contribution in [0.15, 0.2) is 34.1 Å². The van der Waals surface area contributed by atoms with Gasteiger partial charge in [0.05, 0.1) is 5.69 Å². The lowest BCUT2D eigenvalue weighted by molar-refractivity contribution is 0.710. The number of thiazole rings is 1. The fraction of sp³-hybridized carbons (Fsp3) is 0.308. The predicted molar refractivity (Wildman–Crippen MR) is 77.5 cm³/mol. The van der Waals surface area contributed by atoms with Gasteiger partial charge in [-0.1, -0.05) is 35.0 Å². The molecule has 0 saturated heterocycles. The SMILES string of the molecule is CCNCCc1csc(-c2ccc(Br)cc2)n1. The van der Waals surface area contributed by atoms with Crippen LogP contribution in [-0.4, -0.2) is 18.1 Å². The van der Waals surface area contributed by atoms with Gasteiger partial charge in [-0.25, -0.2) is 4.98 Å². The summed E-state index contributed by atoms with van der Waals surface area (Å²) in [5.74, 6) is 0. The molecule has 90 valence electrons. The summed E-state index contributed by atoms with van der Waals surface area (Å²) in [5, 5.41) is 6.56. The summed E-state index contributed by atoms with van der Waals surface area (Å²) < 4.78 is 1.10. The van der Waals surface area contributed by atoms with Crippen molar-refractivity contribution >= 4 is 27.3 Å². The van der Waals surface area contributed by atoms with Gasteiger partial charge in [0.2, 0.25) is 0 Å². The van der Waals surface area contributed by atoms with E-state index in [0.717, 1.165) is 29.0 Å². The van der Waals surface area contributed by atoms with Crippen LogP contribution in [0.2, 0.25) is 0 Å². The Morgan fingerprint density at radius 3 is 2.76 bits per heavy atom. The van der Waals surface area contributed by atoms with E-state index in [9.17, 15) is 0 Å². The lowest BCUT2D eigenvalue weighted by Crippen LogP contribution is -2.16. The van der Waals surface area contributed by atoms with Crippen LogP contribution < -0.4 is 5.32 Å². The molecule has 0 unspecified atom stereocenters. The zero-order valence-corrected chi connectivity index (χ0v) is 12.1. The highest BCUT2D eigenvalue weighted by molar-refractivity contribution is 9.10. The van der Waals surface area contributed by atoms with Crippen molar-refractivity contribution in [2.24, 2.45) is 0 Å². The van der Waals surface area contributed by atoms with E-state index >= 15 is 0 Å². The summed E-state index contributed by atoms with van der Waals surface area (Å²) >= 11 is 5.15. The average molecular weight is 311 g/mol. The van der Waals surface area contributed by atoms with Gasteiger partial charge in [0.1, 0.15) is 5.01 Å². The zero-order chi connectivity index (χ0) is 12.1. The van der Waals surface area contributed by atoms with Gasteiger partial charge in [-0.3, -0.25) is 0 Å². The van der Waals surface area contributed by atoms with Gasteiger partial charge in [-0.15, -0.1) is 11.3 Å². The van der Waals surface area contributed by atoms with Crippen molar-refractivity contribution in [3.63, 3.8) is 0 Å². The second-order valence-electron chi connectivity index (χ2n) is 3.75. The highest BCUT2D eigenvalue weighted by Gasteiger charge is 2.04. The number of halogens is 1. The van der Waals surface area contributed by atoms with E-state index in [4.69, 9.17) is 0 Å². The molecular formula is C13H15BrN2S. The molecule has 0 aliphatic carbocycles. The van der Waals surface area contributed by atoms with E-state index in [2.05, 4.69) is 62.8 Å². The summed E-state index contributed by atoms with van der Waals surface area (Å²) in [7, 11) is 0. The van der Waals surface area contributed by atoms with Crippen molar-refractivity contribution in [2.45, 2.75) is 13.3 Å². The molecule has 1 heterocycles. The molecule has 1 aromatic heterocycles. The van der Waals surface area contributed by atoms with Gasteiger partial charge in [0, 0.05) is 28.4 Å².